The quantitative estimate of drug-likeness (QED) is 0.658. The summed E-state index contributed by atoms with van der Waals surface area (Å²) in [6.07, 6.45) is 6.41. The van der Waals surface area contributed by atoms with Gasteiger partial charge in [-0.3, -0.25) is 4.79 Å². The maximum absolute atomic E-state index is 12.1. The van der Waals surface area contributed by atoms with Crippen LogP contribution in [0.2, 0.25) is 0 Å². The molecule has 1 atom stereocenters. The molecule has 4 nitrogen and oxygen atoms in total. The number of hydrogen-bond acceptors (Lipinski definition) is 5. The Morgan fingerprint density at radius 1 is 1.30 bits per heavy atom. The van der Waals surface area contributed by atoms with Crippen LogP contribution in [-0.2, 0) is 17.6 Å². The Labute approximate surface area is 145 Å². The van der Waals surface area contributed by atoms with Gasteiger partial charge in [-0.2, -0.15) is 0 Å². The molecular weight excluding hydrogens is 326 g/mol. The third-order valence-corrected chi connectivity index (χ3v) is 6.63. The Hall–Kier alpha value is -1.14. The molecule has 0 saturated carbocycles. The first kappa shape index (κ1) is 16.7. The third kappa shape index (κ3) is 3.69. The molecule has 0 aliphatic heterocycles. The van der Waals surface area contributed by atoms with Crippen LogP contribution < -0.4 is 5.32 Å². The predicted octanol–water partition coefficient (Wildman–Crippen LogP) is 3.82. The maximum Gasteiger partial charge on any atom is 0.230 e. The first-order valence-corrected chi connectivity index (χ1v) is 10.0. The number of carbonyl (C=O) groups excluding carboxylic acids is 1. The SMILES string of the molecule is CC(C)[C@@H](C)NC(=O)CSc1ncnc2sc3c(c12)CCCC3. The van der Waals surface area contributed by atoms with Crippen molar-refractivity contribution in [2.45, 2.75) is 57.5 Å². The molecule has 0 unspecified atom stereocenters. The highest BCUT2D eigenvalue weighted by Gasteiger charge is 2.20. The highest BCUT2D eigenvalue weighted by Crippen LogP contribution is 2.39. The molecule has 0 fully saturated rings. The van der Waals surface area contributed by atoms with Gasteiger partial charge in [-0.1, -0.05) is 25.6 Å². The number of thioether (sulfide) groups is 1. The zero-order valence-electron chi connectivity index (χ0n) is 13.9. The minimum Gasteiger partial charge on any atom is -0.353 e. The fourth-order valence-electron chi connectivity index (χ4n) is 2.77. The summed E-state index contributed by atoms with van der Waals surface area (Å²) in [6, 6.07) is 0.197. The van der Waals surface area contributed by atoms with Gasteiger partial charge in [0.15, 0.2) is 0 Å². The van der Waals surface area contributed by atoms with Crippen molar-refractivity contribution in [3.63, 3.8) is 0 Å². The molecule has 0 aromatic carbocycles. The first-order valence-electron chi connectivity index (χ1n) is 8.23. The van der Waals surface area contributed by atoms with E-state index in [0.29, 0.717) is 11.7 Å². The van der Waals surface area contributed by atoms with Crippen molar-refractivity contribution < 1.29 is 4.79 Å². The third-order valence-electron chi connectivity index (χ3n) is 4.45. The lowest BCUT2D eigenvalue weighted by Gasteiger charge is -2.17. The fourth-order valence-corrected chi connectivity index (χ4v) is 4.90. The number of carbonyl (C=O) groups is 1. The highest BCUT2D eigenvalue weighted by atomic mass is 32.2. The summed E-state index contributed by atoms with van der Waals surface area (Å²) in [5.41, 5.74) is 1.43. The molecule has 1 amide bonds. The number of aromatic nitrogens is 2. The van der Waals surface area contributed by atoms with E-state index < -0.39 is 0 Å². The lowest BCUT2D eigenvalue weighted by atomic mass is 9.97. The number of hydrogen-bond donors (Lipinski definition) is 1. The standard InChI is InChI=1S/C17H23N3OS2/c1-10(2)11(3)20-14(21)8-22-16-15-12-6-4-5-7-13(12)23-17(15)19-9-18-16/h9-11H,4-8H2,1-3H3,(H,20,21)/t11-/m1/s1. The molecule has 0 spiro atoms. The Kier molecular flexibility index (Phi) is 5.21. The molecule has 1 aliphatic rings. The van der Waals surface area contributed by atoms with E-state index in [0.717, 1.165) is 22.7 Å². The monoisotopic (exact) mass is 349 g/mol. The van der Waals surface area contributed by atoms with E-state index in [1.54, 1.807) is 17.7 Å². The van der Waals surface area contributed by atoms with Crippen molar-refractivity contribution in [2.24, 2.45) is 5.92 Å². The summed E-state index contributed by atoms with van der Waals surface area (Å²) >= 11 is 3.33. The Balaban J connectivity index is 1.75. The van der Waals surface area contributed by atoms with Gasteiger partial charge in [-0.05, 0) is 44.1 Å². The van der Waals surface area contributed by atoms with Crippen molar-refractivity contribution in [1.29, 1.82) is 0 Å². The average molecular weight is 350 g/mol. The molecule has 2 heterocycles. The normalized spacial score (nSPS) is 15.7. The van der Waals surface area contributed by atoms with Gasteiger partial charge in [-0.25, -0.2) is 9.97 Å². The molecule has 1 N–H and O–H groups in total. The summed E-state index contributed by atoms with van der Waals surface area (Å²) in [5, 5.41) is 5.21. The molecule has 0 radical (unpaired) electrons. The number of aryl methyl sites for hydroxylation is 2. The second-order valence-corrected chi connectivity index (χ2v) is 8.51. The van der Waals surface area contributed by atoms with E-state index in [9.17, 15) is 4.79 Å². The second kappa shape index (κ2) is 7.18. The van der Waals surface area contributed by atoms with Crippen LogP contribution in [0.3, 0.4) is 0 Å². The molecule has 2 aromatic heterocycles. The fraction of sp³-hybridized carbons (Fsp3) is 0.588. The molecule has 2 aromatic rings. The second-order valence-electron chi connectivity index (χ2n) is 6.46. The number of rotatable bonds is 5. The summed E-state index contributed by atoms with van der Waals surface area (Å²) in [6.45, 7) is 6.28. The summed E-state index contributed by atoms with van der Waals surface area (Å²) in [5.74, 6) is 0.930. The van der Waals surface area contributed by atoms with Gasteiger partial charge >= 0.3 is 0 Å². The van der Waals surface area contributed by atoms with Crippen LogP contribution in [0.25, 0.3) is 10.2 Å². The average Bonchev–Trinajstić information content (AvgIpc) is 2.91. The summed E-state index contributed by atoms with van der Waals surface area (Å²) in [4.78, 5) is 23.6. The minimum atomic E-state index is 0.0760. The first-order chi connectivity index (χ1) is 11.1. The lowest BCUT2D eigenvalue weighted by Crippen LogP contribution is -2.37. The molecule has 0 bridgehead atoms. The van der Waals surface area contributed by atoms with Crippen LogP contribution in [0, 0.1) is 5.92 Å². The topological polar surface area (TPSA) is 54.9 Å². The summed E-state index contributed by atoms with van der Waals surface area (Å²) in [7, 11) is 0. The van der Waals surface area contributed by atoms with Crippen LogP contribution in [0.15, 0.2) is 11.4 Å². The molecule has 1 aliphatic carbocycles. The lowest BCUT2D eigenvalue weighted by molar-refractivity contribution is -0.119. The van der Waals surface area contributed by atoms with Gasteiger partial charge in [0.25, 0.3) is 0 Å². The van der Waals surface area contributed by atoms with E-state index in [-0.39, 0.29) is 11.9 Å². The van der Waals surface area contributed by atoms with Crippen molar-refractivity contribution in [3.05, 3.63) is 16.8 Å². The van der Waals surface area contributed by atoms with Crippen molar-refractivity contribution in [2.75, 3.05) is 5.75 Å². The van der Waals surface area contributed by atoms with Gasteiger partial charge in [-0.15, -0.1) is 11.3 Å². The van der Waals surface area contributed by atoms with Crippen molar-refractivity contribution in [3.8, 4) is 0 Å². The van der Waals surface area contributed by atoms with Crippen molar-refractivity contribution >= 4 is 39.2 Å². The minimum absolute atomic E-state index is 0.0760. The van der Waals surface area contributed by atoms with E-state index in [1.807, 2.05) is 6.92 Å². The van der Waals surface area contributed by atoms with Gasteiger partial charge in [0.1, 0.15) is 16.2 Å². The van der Waals surface area contributed by atoms with Gasteiger partial charge in [0.05, 0.1) is 5.75 Å². The van der Waals surface area contributed by atoms with E-state index in [1.165, 1.54) is 40.4 Å². The van der Waals surface area contributed by atoms with E-state index >= 15 is 0 Å². The number of thiophene rings is 1. The molecule has 124 valence electrons. The zero-order chi connectivity index (χ0) is 16.4. The molecule has 3 rings (SSSR count). The summed E-state index contributed by atoms with van der Waals surface area (Å²) < 4.78 is 0. The largest absolute Gasteiger partial charge is 0.353 e. The molecule has 6 heteroatoms. The Morgan fingerprint density at radius 3 is 2.87 bits per heavy atom. The number of amides is 1. The number of nitrogens with one attached hydrogen (secondary N) is 1. The van der Waals surface area contributed by atoms with E-state index in [2.05, 4.69) is 29.1 Å². The predicted molar refractivity (Wildman–Crippen MR) is 97.2 cm³/mol. The molecule has 23 heavy (non-hydrogen) atoms. The van der Waals surface area contributed by atoms with Gasteiger partial charge < -0.3 is 5.32 Å². The number of nitrogens with zero attached hydrogens (tertiary/aromatic N) is 2. The highest BCUT2D eigenvalue weighted by molar-refractivity contribution is 8.00. The Morgan fingerprint density at radius 2 is 2.09 bits per heavy atom. The van der Waals surface area contributed by atoms with Crippen LogP contribution in [-0.4, -0.2) is 27.7 Å². The maximum atomic E-state index is 12.1. The zero-order valence-corrected chi connectivity index (χ0v) is 15.5. The van der Waals surface area contributed by atoms with Gasteiger partial charge in [0, 0.05) is 16.3 Å². The van der Waals surface area contributed by atoms with Crippen LogP contribution in [0.1, 0.15) is 44.1 Å². The smallest absolute Gasteiger partial charge is 0.230 e. The van der Waals surface area contributed by atoms with Gasteiger partial charge in [0.2, 0.25) is 5.91 Å². The van der Waals surface area contributed by atoms with Crippen LogP contribution in [0.5, 0.6) is 0 Å². The van der Waals surface area contributed by atoms with E-state index in [4.69, 9.17) is 0 Å². The van der Waals surface area contributed by atoms with Crippen molar-refractivity contribution in [1.82, 2.24) is 15.3 Å². The van der Waals surface area contributed by atoms with Crippen LogP contribution >= 0.6 is 23.1 Å². The van der Waals surface area contributed by atoms with Crippen LogP contribution in [0.4, 0.5) is 0 Å². The molecule has 0 saturated heterocycles. The molecular formula is C17H23N3OS2. The number of fused-ring (bicyclic) bond motifs is 3. The Bertz CT molecular complexity index is 711.